The monoisotopic (exact) mass is 340 g/mol. The third-order valence-electron chi connectivity index (χ3n) is 4.55. The van der Waals surface area contributed by atoms with Crippen LogP contribution in [-0.2, 0) is 10.1 Å². The van der Waals surface area contributed by atoms with Crippen LogP contribution in [-0.4, -0.2) is 13.0 Å². The van der Waals surface area contributed by atoms with Gasteiger partial charge in [0.15, 0.2) is 0 Å². The lowest BCUT2D eigenvalue weighted by Crippen LogP contribution is -2.03. The van der Waals surface area contributed by atoms with Crippen LogP contribution in [0.1, 0.15) is 88.7 Å². The Kier molecular flexibility index (Phi) is 8.85. The van der Waals surface area contributed by atoms with Crippen molar-refractivity contribution < 1.29 is 13.0 Å². The Morgan fingerprint density at radius 1 is 1.00 bits per heavy atom. The number of benzene rings is 1. The molecule has 4 heteroatoms. The second kappa shape index (κ2) is 10.1. The van der Waals surface area contributed by atoms with Crippen molar-refractivity contribution in [2.75, 3.05) is 0 Å². The third kappa shape index (κ3) is 7.49. The van der Waals surface area contributed by atoms with Gasteiger partial charge in [-0.3, -0.25) is 4.55 Å². The molecule has 0 aliphatic rings. The Morgan fingerprint density at radius 3 is 2.13 bits per heavy atom. The highest BCUT2D eigenvalue weighted by atomic mass is 32.2. The molecule has 0 spiro atoms. The number of hydrogen-bond donors (Lipinski definition) is 1. The third-order valence-corrected chi connectivity index (χ3v) is 5.55. The van der Waals surface area contributed by atoms with E-state index in [0.717, 1.165) is 12.0 Å². The first kappa shape index (κ1) is 20.2. The molecule has 3 nitrogen and oxygen atoms in total. The van der Waals surface area contributed by atoms with Gasteiger partial charge in [-0.1, -0.05) is 77.3 Å². The molecule has 0 saturated carbocycles. The van der Waals surface area contributed by atoms with Crippen LogP contribution < -0.4 is 0 Å². The van der Waals surface area contributed by atoms with Crippen LogP contribution in [0.2, 0.25) is 0 Å². The molecule has 0 heterocycles. The minimum absolute atomic E-state index is 0.0396. The minimum Gasteiger partial charge on any atom is -0.282 e. The highest BCUT2D eigenvalue weighted by Gasteiger charge is 2.15. The standard InChI is InChI=1S/C19H32O3S/c1-4-5-6-7-8-9-10-11-12-16(2)18-14-13-17(3)19(15-18)23(20,21)22/h13-16H,4-12H2,1-3H3,(H,20,21,22). The fourth-order valence-electron chi connectivity index (χ4n) is 2.95. The number of hydrogen-bond acceptors (Lipinski definition) is 2. The lowest BCUT2D eigenvalue weighted by Gasteiger charge is -2.14. The Hall–Kier alpha value is -0.870. The average Bonchev–Trinajstić information content (AvgIpc) is 2.49. The predicted molar refractivity (Wildman–Crippen MR) is 96.6 cm³/mol. The van der Waals surface area contributed by atoms with Gasteiger partial charge in [-0.15, -0.1) is 0 Å². The van der Waals surface area contributed by atoms with E-state index < -0.39 is 10.1 Å². The largest absolute Gasteiger partial charge is 0.294 e. The molecular formula is C19H32O3S. The molecule has 0 fully saturated rings. The zero-order valence-corrected chi connectivity index (χ0v) is 15.7. The lowest BCUT2D eigenvalue weighted by molar-refractivity contribution is 0.482. The Balaban J connectivity index is 2.39. The fraction of sp³-hybridized carbons (Fsp3) is 0.684. The summed E-state index contributed by atoms with van der Waals surface area (Å²) in [6.07, 6.45) is 11.4. The molecule has 1 rings (SSSR count). The van der Waals surface area contributed by atoms with Crippen molar-refractivity contribution >= 4 is 10.1 Å². The van der Waals surface area contributed by atoms with Crippen molar-refractivity contribution in [1.82, 2.24) is 0 Å². The fourth-order valence-corrected chi connectivity index (χ4v) is 3.71. The van der Waals surface area contributed by atoms with Crippen molar-refractivity contribution in [2.45, 2.75) is 89.4 Å². The second-order valence-electron chi connectivity index (χ2n) is 6.66. The highest BCUT2D eigenvalue weighted by molar-refractivity contribution is 7.85. The minimum atomic E-state index is -4.13. The van der Waals surface area contributed by atoms with Gasteiger partial charge >= 0.3 is 0 Å². The SMILES string of the molecule is CCCCCCCCCCC(C)c1ccc(C)c(S(=O)(=O)O)c1. The topological polar surface area (TPSA) is 54.4 Å². The quantitative estimate of drug-likeness (QED) is 0.404. The number of aryl methyl sites for hydroxylation is 1. The first-order valence-electron chi connectivity index (χ1n) is 8.94. The van der Waals surface area contributed by atoms with Crippen molar-refractivity contribution in [2.24, 2.45) is 0 Å². The Morgan fingerprint density at radius 2 is 1.57 bits per heavy atom. The molecule has 0 aliphatic carbocycles. The van der Waals surface area contributed by atoms with Crippen molar-refractivity contribution in [3.05, 3.63) is 29.3 Å². The van der Waals surface area contributed by atoms with Crippen molar-refractivity contribution in [3.8, 4) is 0 Å². The summed E-state index contributed by atoms with van der Waals surface area (Å²) in [5.74, 6) is 0.316. The van der Waals surface area contributed by atoms with Gasteiger partial charge in [0.1, 0.15) is 0 Å². The maximum Gasteiger partial charge on any atom is 0.294 e. The molecule has 1 aromatic carbocycles. The maximum atomic E-state index is 11.4. The molecule has 0 radical (unpaired) electrons. The zero-order valence-electron chi connectivity index (χ0n) is 14.8. The van der Waals surface area contributed by atoms with Crippen LogP contribution >= 0.6 is 0 Å². The van der Waals surface area contributed by atoms with E-state index in [4.69, 9.17) is 0 Å². The first-order chi connectivity index (χ1) is 10.9. The molecule has 1 unspecified atom stereocenters. The van der Waals surface area contributed by atoms with E-state index in [1.54, 1.807) is 19.1 Å². The van der Waals surface area contributed by atoms with E-state index in [9.17, 15) is 13.0 Å². The van der Waals surface area contributed by atoms with E-state index in [-0.39, 0.29) is 4.90 Å². The van der Waals surface area contributed by atoms with Crippen molar-refractivity contribution in [1.29, 1.82) is 0 Å². The van der Waals surface area contributed by atoms with Crippen LogP contribution in [0.25, 0.3) is 0 Å². The van der Waals surface area contributed by atoms with E-state index in [0.29, 0.717) is 11.5 Å². The summed E-state index contributed by atoms with van der Waals surface area (Å²) >= 11 is 0. The molecule has 1 aromatic rings. The molecule has 0 bridgehead atoms. The van der Waals surface area contributed by atoms with Crippen LogP contribution in [0.5, 0.6) is 0 Å². The van der Waals surface area contributed by atoms with E-state index >= 15 is 0 Å². The summed E-state index contributed by atoms with van der Waals surface area (Å²) in [5, 5.41) is 0. The smallest absolute Gasteiger partial charge is 0.282 e. The molecule has 0 aromatic heterocycles. The van der Waals surface area contributed by atoms with Gasteiger partial charge in [-0.05, 0) is 36.5 Å². The molecule has 0 aliphatic heterocycles. The number of rotatable bonds is 11. The molecular weight excluding hydrogens is 308 g/mol. The molecule has 1 N–H and O–H groups in total. The first-order valence-corrected chi connectivity index (χ1v) is 10.4. The van der Waals surface area contributed by atoms with Gasteiger partial charge in [0, 0.05) is 0 Å². The summed E-state index contributed by atoms with van der Waals surface area (Å²) in [7, 11) is -4.13. The summed E-state index contributed by atoms with van der Waals surface area (Å²) in [6.45, 7) is 6.07. The summed E-state index contributed by atoms with van der Waals surface area (Å²) < 4.78 is 32.1. The van der Waals surface area contributed by atoms with Gasteiger partial charge in [-0.2, -0.15) is 8.42 Å². The molecule has 1 atom stereocenters. The van der Waals surface area contributed by atoms with Crippen LogP contribution in [0.15, 0.2) is 23.1 Å². The summed E-state index contributed by atoms with van der Waals surface area (Å²) in [6, 6.07) is 5.38. The number of unbranched alkanes of at least 4 members (excludes halogenated alkanes) is 7. The van der Waals surface area contributed by atoms with Crippen molar-refractivity contribution in [3.63, 3.8) is 0 Å². The molecule has 0 amide bonds. The van der Waals surface area contributed by atoms with E-state index in [1.807, 2.05) is 6.07 Å². The normalized spacial score (nSPS) is 13.2. The molecule has 132 valence electrons. The van der Waals surface area contributed by atoms with E-state index in [1.165, 1.54) is 51.4 Å². The van der Waals surface area contributed by atoms with Gasteiger partial charge in [0.2, 0.25) is 0 Å². The van der Waals surface area contributed by atoms with E-state index in [2.05, 4.69) is 13.8 Å². The molecule has 23 heavy (non-hydrogen) atoms. The highest BCUT2D eigenvalue weighted by Crippen LogP contribution is 2.26. The Labute approximate surface area is 142 Å². The van der Waals surface area contributed by atoms with Gasteiger partial charge in [0.05, 0.1) is 4.90 Å². The average molecular weight is 341 g/mol. The van der Waals surface area contributed by atoms with Crippen LogP contribution in [0, 0.1) is 6.92 Å². The molecule has 0 saturated heterocycles. The summed E-state index contributed by atoms with van der Waals surface area (Å²) in [5.41, 5.74) is 1.58. The second-order valence-corrected chi connectivity index (χ2v) is 8.05. The van der Waals surface area contributed by atoms with Gasteiger partial charge in [0.25, 0.3) is 10.1 Å². The predicted octanol–water partition coefficient (Wildman–Crippen LogP) is 5.88. The Bertz CT molecular complexity index is 564. The van der Waals surface area contributed by atoms with Crippen LogP contribution in [0.3, 0.4) is 0 Å². The van der Waals surface area contributed by atoms with Gasteiger partial charge < -0.3 is 0 Å². The van der Waals surface area contributed by atoms with Crippen LogP contribution in [0.4, 0.5) is 0 Å². The lowest BCUT2D eigenvalue weighted by atomic mass is 9.94. The summed E-state index contributed by atoms with van der Waals surface area (Å²) in [4.78, 5) is 0.0396. The zero-order chi connectivity index (χ0) is 17.3. The van der Waals surface area contributed by atoms with Gasteiger partial charge in [-0.25, -0.2) is 0 Å². The maximum absolute atomic E-state index is 11.4.